The molecular formula is C8H12O4. The summed E-state index contributed by atoms with van der Waals surface area (Å²) in [5.74, 6) is 5.17. The molecule has 12 heavy (non-hydrogen) atoms. The van der Waals surface area contributed by atoms with Gasteiger partial charge in [-0.15, -0.1) is 5.92 Å². The summed E-state index contributed by atoms with van der Waals surface area (Å²) < 4.78 is 5.05. The van der Waals surface area contributed by atoms with Gasteiger partial charge in [-0.3, -0.25) is 0 Å². The minimum atomic E-state index is -1.04. The van der Waals surface area contributed by atoms with Crippen LogP contribution in [0.5, 0.6) is 0 Å². The van der Waals surface area contributed by atoms with Gasteiger partial charge in [-0.2, -0.15) is 0 Å². The molecule has 4 nitrogen and oxygen atoms in total. The molecule has 0 amide bonds. The van der Waals surface area contributed by atoms with Crippen molar-refractivity contribution in [2.24, 2.45) is 0 Å². The second-order valence-corrected chi connectivity index (χ2v) is 2.65. The first-order valence-corrected chi connectivity index (χ1v) is 3.75. The van der Waals surface area contributed by atoms with E-state index in [4.69, 9.17) is 9.84 Å². The molecule has 1 aliphatic rings. The van der Waals surface area contributed by atoms with E-state index in [2.05, 4.69) is 11.8 Å². The Balaban J connectivity index is 2.64. The lowest BCUT2D eigenvalue weighted by atomic mass is 10.1. The minimum absolute atomic E-state index is 0.305. The van der Waals surface area contributed by atoms with Crippen LogP contribution in [0.2, 0.25) is 0 Å². The Bertz CT molecular complexity index is 205. The molecule has 0 saturated carbocycles. The number of aliphatic hydroxyl groups is 3. The molecule has 1 rings (SSSR count). The van der Waals surface area contributed by atoms with Crippen molar-refractivity contribution in [1.29, 1.82) is 0 Å². The number of hydrogen-bond donors (Lipinski definition) is 3. The average Bonchev–Trinajstić information content (AvgIpc) is 2.33. The van der Waals surface area contributed by atoms with Gasteiger partial charge in [-0.25, -0.2) is 0 Å². The summed E-state index contributed by atoms with van der Waals surface area (Å²) in [6.07, 6.45) is -3.46. The van der Waals surface area contributed by atoms with Crippen molar-refractivity contribution < 1.29 is 20.1 Å². The van der Waals surface area contributed by atoms with Crippen molar-refractivity contribution in [2.75, 3.05) is 6.61 Å². The first-order valence-electron chi connectivity index (χ1n) is 3.75. The molecule has 68 valence electrons. The highest BCUT2D eigenvalue weighted by Gasteiger charge is 2.41. The summed E-state index contributed by atoms with van der Waals surface area (Å²) in [6, 6.07) is 0. The Kier molecular flexibility index (Phi) is 3.06. The maximum atomic E-state index is 9.30. The van der Waals surface area contributed by atoms with Crippen LogP contribution < -0.4 is 0 Å². The molecule has 4 atom stereocenters. The lowest BCUT2D eigenvalue weighted by Gasteiger charge is -2.09. The molecule has 3 N–H and O–H groups in total. The van der Waals surface area contributed by atoms with Gasteiger partial charge in [0.2, 0.25) is 0 Å². The zero-order valence-electron chi connectivity index (χ0n) is 6.77. The Labute approximate surface area is 70.8 Å². The third-order valence-electron chi connectivity index (χ3n) is 1.83. The van der Waals surface area contributed by atoms with Crippen molar-refractivity contribution in [1.82, 2.24) is 0 Å². The number of ether oxygens (including phenoxy) is 1. The van der Waals surface area contributed by atoms with E-state index in [1.54, 1.807) is 6.92 Å². The normalized spacial score (nSPS) is 40.7. The topological polar surface area (TPSA) is 69.9 Å². The van der Waals surface area contributed by atoms with E-state index >= 15 is 0 Å². The van der Waals surface area contributed by atoms with Crippen LogP contribution in [0.1, 0.15) is 6.92 Å². The highest BCUT2D eigenvalue weighted by atomic mass is 16.6. The fourth-order valence-corrected chi connectivity index (χ4v) is 1.16. The Morgan fingerprint density at radius 3 is 2.42 bits per heavy atom. The molecule has 1 fully saturated rings. The van der Waals surface area contributed by atoms with E-state index in [9.17, 15) is 10.2 Å². The van der Waals surface area contributed by atoms with Crippen molar-refractivity contribution in [3.63, 3.8) is 0 Å². The largest absolute Gasteiger partial charge is 0.394 e. The summed E-state index contributed by atoms with van der Waals surface area (Å²) >= 11 is 0. The number of rotatable bonds is 1. The lowest BCUT2D eigenvalue weighted by Crippen LogP contribution is -2.33. The predicted octanol–water partition coefficient (Wildman–Crippen LogP) is -1.51. The van der Waals surface area contributed by atoms with Gasteiger partial charge < -0.3 is 20.1 Å². The lowest BCUT2D eigenvalue weighted by molar-refractivity contribution is -0.0111. The zero-order valence-corrected chi connectivity index (χ0v) is 6.77. The van der Waals surface area contributed by atoms with Crippen LogP contribution in [0.15, 0.2) is 0 Å². The van der Waals surface area contributed by atoms with E-state index in [1.807, 2.05) is 0 Å². The Morgan fingerprint density at radius 2 is 2.00 bits per heavy atom. The smallest absolute Gasteiger partial charge is 0.147 e. The zero-order chi connectivity index (χ0) is 9.14. The first-order chi connectivity index (χ1) is 5.70. The average molecular weight is 172 g/mol. The van der Waals surface area contributed by atoms with Gasteiger partial charge >= 0.3 is 0 Å². The van der Waals surface area contributed by atoms with Gasteiger partial charge in [0.15, 0.2) is 0 Å². The molecule has 0 aromatic heterocycles. The van der Waals surface area contributed by atoms with E-state index in [0.29, 0.717) is 0 Å². The van der Waals surface area contributed by atoms with Crippen molar-refractivity contribution in [2.45, 2.75) is 31.3 Å². The molecule has 0 radical (unpaired) electrons. The monoisotopic (exact) mass is 172 g/mol. The molecule has 1 saturated heterocycles. The van der Waals surface area contributed by atoms with Crippen molar-refractivity contribution in [3.05, 3.63) is 0 Å². The summed E-state index contributed by atoms with van der Waals surface area (Å²) in [5.41, 5.74) is 0. The van der Waals surface area contributed by atoms with E-state index in [0.717, 1.165) is 0 Å². The van der Waals surface area contributed by atoms with Gasteiger partial charge in [0.1, 0.15) is 24.4 Å². The molecule has 0 aromatic rings. The third kappa shape index (κ3) is 1.59. The fourth-order valence-electron chi connectivity index (χ4n) is 1.16. The highest BCUT2D eigenvalue weighted by Crippen LogP contribution is 2.20. The second-order valence-electron chi connectivity index (χ2n) is 2.65. The van der Waals surface area contributed by atoms with Crippen LogP contribution in [0.3, 0.4) is 0 Å². The molecule has 0 aliphatic carbocycles. The van der Waals surface area contributed by atoms with Crippen LogP contribution in [0.25, 0.3) is 0 Å². The van der Waals surface area contributed by atoms with Gasteiger partial charge in [0.05, 0.1) is 6.61 Å². The summed E-state index contributed by atoms with van der Waals surface area (Å²) in [5, 5.41) is 27.2. The van der Waals surface area contributed by atoms with Crippen molar-refractivity contribution in [3.8, 4) is 11.8 Å². The maximum absolute atomic E-state index is 9.30. The highest BCUT2D eigenvalue weighted by molar-refractivity contribution is 5.10. The van der Waals surface area contributed by atoms with Crippen LogP contribution in [0.4, 0.5) is 0 Å². The van der Waals surface area contributed by atoms with E-state index in [1.165, 1.54) is 0 Å². The number of aliphatic hydroxyl groups excluding tert-OH is 3. The quantitative estimate of drug-likeness (QED) is 0.421. The summed E-state index contributed by atoms with van der Waals surface area (Å²) in [4.78, 5) is 0. The van der Waals surface area contributed by atoms with Gasteiger partial charge in [0, 0.05) is 0 Å². The van der Waals surface area contributed by atoms with Gasteiger partial charge in [0.25, 0.3) is 0 Å². The molecule has 4 heteroatoms. The molecule has 0 spiro atoms. The molecule has 1 heterocycles. The van der Waals surface area contributed by atoms with Crippen LogP contribution >= 0.6 is 0 Å². The van der Waals surface area contributed by atoms with Crippen LogP contribution in [0, 0.1) is 11.8 Å². The fraction of sp³-hybridized carbons (Fsp3) is 0.750. The summed E-state index contributed by atoms with van der Waals surface area (Å²) in [6.45, 7) is 1.31. The second kappa shape index (κ2) is 3.87. The first kappa shape index (κ1) is 9.49. The predicted molar refractivity (Wildman–Crippen MR) is 41.2 cm³/mol. The molecule has 1 aliphatic heterocycles. The van der Waals surface area contributed by atoms with Crippen LogP contribution in [-0.4, -0.2) is 46.3 Å². The maximum Gasteiger partial charge on any atom is 0.147 e. The standard InChI is InChI=1S/C8H12O4/c1-2-3-5-7(10)8(11)6(4-9)12-5/h5-11H,4H2,1H3/t5?,6-,7+,8-/m1/s1. The van der Waals surface area contributed by atoms with E-state index in [-0.39, 0.29) is 6.61 Å². The van der Waals surface area contributed by atoms with Gasteiger partial charge in [-0.05, 0) is 6.92 Å². The summed E-state index contributed by atoms with van der Waals surface area (Å²) in [7, 11) is 0. The molecule has 0 bridgehead atoms. The molecule has 0 aromatic carbocycles. The van der Waals surface area contributed by atoms with Gasteiger partial charge in [-0.1, -0.05) is 5.92 Å². The SMILES string of the molecule is CC#CC1O[C@H](CO)[C@@H](O)[C@H]1O. The Hall–Kier alpha value is -0.600. The Morgan fingerprint density at radius 1 is 1.33 bits per heavy atom. The van der Waals surface area contributed by atoms with E-state index < -0.39 is 24.4 Å². The number of hydrogen-bond acceptors (Lipinski definition) is 4. The third-order valence-corrected chi connectivity index (χ3v) is 1.83. The molecule has 1 unspecified atom stereocenters. The molecular weight excluding hydrogens is 160 g/mol. The minimum Gasteiger partial charge on any atom is -0.394 e. The van der Waals surface area contributed by atoms with Crippen LogP contribution in [-0.2, 0) is 4.74 Å². The van der Waals surface area contributed by atoms with Crippen molar-refractivity contribution >= 4 is 0 Å².